The van der Waals surface area contributed by atoms with Crippen molar-refractivity contribution in [2.24, 2.45) is 7.05 Å². The Bertz CT molecular complexity index is 643. The van der Waals surface area contributed by atoms with Crippen LogP contribution in [-0.4, -0.2) is 29.1 Å². The summed E-state index contributed by atoms with van der Waals surface area (Å²) in [5.41, 5.74) is 4.13. The van der Waals surface area contributed by atoms with E-state index in [-0.39, 0.29) is 5.91 Å². The molecule has 0 radical (unpaired) electrons. The Kier molecular flexibility index (Phi) is 3.28. The fourth-order valence-electron chi connectivity index (χ4n) is 2.60. The molecule has 0 bridgehead atoms. The molecule has 2 N–H and O–H groups in total. The van der Waals surface area contributed by atoms with Crippen molar-refractivity contribution in [3.63, 3.8) is 0 Å². The number of nitrogens with zero attached hydrogens (tertiary/aromatic N) is 2. The minimum absolute atomic E-state index is 0.0696. The summed E-state index contributed by atoms with van der Waals surface area (Å²) in [5.74, 6) is 0.891. The zero-order valence-corrected chi connectivity index (χ0v) is 11.7. The van der Waals surface area contributed by atoms with Gasteiger partial charge in [0, 0.05) is 44.7 Å². The van der Waals surface area contributed by atoms with Crippen molar-refractivity contribution in [1.29, 1.82) is 0 Å². The van der Waals surface area contributed by atoms with E-state index in [4.69, 9.17) is 4.98 Å². The highest BCUT2D eigenvalue weighted by atomic mass is 16.1. The molecule has 104 valence electrons. The first-order valence-electron chi connectivity index (χ1n) is 6.78. The summed E-state index contributed by atoms with van der Waals surface area (Å²) in [6.07, 6.45) is 0.972. The Balaban J connectivity index is 1.97. The first kappa shape index (κ1) is 12.9. The van der Waals surface area contributed by atoms with Crippen molar-refractivity contribution in [3.05, 3.63) is 41.2 Å². The molecule has 3 rings (SSSR count). The number of carbonyl (C=O) groups is 1. The van der Waals surface area contributed by atoms with Gasteiger partial charge in [0.1, 0.15) is 5.82 Å². The van der Waals surface area contributed by atoms with E-state index < -0.39 is 0 Å². The van der Waals surface area contributed by atoms with Gasteiger partial charge in [-0.1, -0.05) is 12.1 Å². The molecule has 0 atom stereocenters. The number of amides is 1. The van der Waals surface area contributed by atoms with E-state index in [9.17, 15) is 4.79 Å². The fourth-order valence-corrected chi connectivity index (χ4v) is 2.60. The highest BCUT2D eigenvalue weighted by Crippen LogP contribution is 2.23. The molecule has 5 heteroatoms. The molecule has 0 spiro atoms. The predicted octanol–water partition coefficient (Wildman–Crippen LogP) is 1.09. The summed E-state index contributed by atoms with van der Waals surface area (Å²) in [6.45, 7) is 1.86. The minimum atomic E-state index is -0.0696. The molecule has 2 aromatic rings. The maximum absolute atomic E-state index is 11.5. The summed E-state index contributed by atoms with van der Waals surface area (Å²) in [4.78, 5) is 16.3. The van der Waals surface area contributed by atoms with Crippen LogP contribution in [-0.2, 0) is 20.0 Å². The summed E-state index contributed by atoms with van der Waals surface area (Å²) in [7, 11) is 3.68. The van der Waals surface area contributed by atoms with Crippen molar-refractivity contribution in [1.82, 2.24) is 20.2 Å². The smallest absolute Gasteiger partial charge is 0.251 e. The van der Waals surface area contributed by atoms with E-state index in [0.29, 0.717) is 5.56 Å². The lowest BCUT2D eigenvalue weighted by molar-refractivity contribution is 0.0963. The number of imidazole rings is 1. The molecule has 0 unspecified atom stereocenters. The van der Waals surface area contributed by atoms with Crippen LogP contribution in [0.4, 0.5) is 0 Å². The van der Waals surface area contributed by atoms with Crippen molar-refractivity contribution in [3.8, 4) is 11.4 Å². The first-order valence-corrected chi connectivity index (χ1v) is 6.78. The molecule has 0 fully saturated rings. The van der Waals surface area contributed by atoms with Crippen molar-refractivity contribution in [2.45, 2.75) is 13.0 Å². The lowest BCUT2D eigenvalue weighted by atomic mass is 10.1. The van der Waals surface area contributed by atoms with Gasteiger partial charge in [0.15, 0.2) is 0 Å². The molecular formula is C15H18N4O. The van der Waals surface area contributed by atoms with Gasteiger partial charge in [-0.2, -0.15) is 0 Å². The third-order valence-corrected chi connectivity index (χ3v) is 3.76. The second kappa shape index (κ2) is 5.09. The van der Waals surface area contributed by atoms with Gasteiger partial charge < -0.3 is 15.2 Å². The van der Waals surface area contributed by atoms with Gasteiger partial charge in [-0.3, -0.25) is 4.79 Å². The normalized spacial score (nSPS) is 13.9. The van der Waals surface area contributed by atoms with E-state index in [1.54, 1.807) is 7.05 Å². The third-order valence-electron chi connectivity index (χ3n) is 3.76. The first-order chi connectivity index (χ1) is 9.70. The Labute approximate surface area is 118 Å². The van der Waals surface area contributed by atoms with Crippen LogP contribution < -0.4 is 10.6 Å². The van der Waals surface area contributed by atoms with Gasteiger partial charge in [-0.15, -0.1) is 0 Å². The molecule has 0 saturated heterocycles. The van der Waals surface area contributed by atoms with Crippen LogP contribution in [0.25, 0.3) is 11.4 Å². The molecule has 20 heavy (non-hydrogen) atoms. The predicted molar refractivity (Wildman–Crippen MR) is 77.4 cm³/mol. The molecule has 2 heterocycles. The number of hydrogen-bond acceptors (Lipinski definition) is 3. The molecule has 0 aliphatic carbocycles. The van der Waals surface area contributed by atoms with Crippen LogP contribution in [0.15, 0.2) is 24.3 Å². The van der Waals surface area contributed by atoms with Crippen LogP contribution >= 0.6 is 0 Å². The van der Waals surface area contributed by atoms with Crippen LogP contribution in [0, 0.1) is 0 Å². The number of fused-ring (bicyclic) bond motifs is 1. The second-order valence-electron chi connectivity index (χ2n) is 4.97. The molecule has 1 aromatic heterocycles. The van der Waals surface area contributed by atoms with Gasteiger partial charge in [0.05, 0.1) is 11.4 Å². The number of rotatable bonds is 2. The summed E-state index contributed by atoms with van der Waals surface area (Å²) in [5, 5.41) is 5.99. The van der Waals surface area contributed by atoms with Gasteiger partial charge >= 0.3 is 0 Å². The number of hydrogen-bond donors (Lipinski definition) is 2. The van der Waals surface area contributed by atoms with Crippen LogP contribution in [0.5, 0.6) is 0 Å². The largest absolute Gasteiger partial charge is 0.355 e. The molecular weight excluding hydrogens is 252 g/mol. The van der Waals surface area contributed by atoms with Crippen LogP contribution in [0.2, 0.25) is 0 Å². The average molecular weight is 270 g/mol. The Morgan fingerprint density at radius 2 is 2.10 bits per heavy atom. The lowest BCUT2D eigenvalue weighted by Gasteiger charge is -2.13. The van der Waals surface area contributed by atoms with E-state index in [1.807, 2.05) is 31.3 Å². The number of benzene rings is 1. The molecule has 1 aliphatic rings. The van der Waals surface area contributed by atoms with E-state index >= 15 is 0 Å². The maximum atomic E-state index is 11.5. The summed E-state index contributed by atoms with van der Waals surface area (Å²) in [6, 6.07) is 7.57. The zero-order chi connectivity index (χ0) is 14.1. The maximum Gasteiger partial charge on any atom is 0.251 e. The summed E-state index contributed by atoms with van der Waals surface area (Å²) >= 11 is 0. The molecule has 1 aromatic carbocycles. The van der Waals surface area contributed by atoms with Gasteiger partial charge in [-0.05, 0) is 12.1 Å². The number of nitrogens with one attached hydrogen (secondary N) is 2. The highest BCUT2D eigenvalue weighted by Gasteiger charge is 2.18. The topological polar surface area (TPSA) is 59.0 Å². The van der Waals surface area contributed by atoms with Crippen LogP contribution in [0.1, 0.15) is 21.7 Å². The lowest BCUT2D eigenvalue weighted by Crippen LogP contribution is -2.24. The monoisotopic (exact) mass is 270 g/mol. The Hall–Kier alpha value is -2.14. The second-order valence-corrected chi connectivity index (χ2v) is 4.97. The molecule has 5 nitrogen and oxygen atoms in total. The highest BCUT2D eigenvalue weighted by molar-refractivity contribution is 5.94. The van der Waals surface area contributed by atoms with Crippen molar-refractivity contribution in [2.75, 3.05) is 13.6 Å². The molecule has 0 saturated carbocycles. The number of carbonyl (C=O) groups excluding carboxylic acids is 1. The van der Waals surface area contributed by atoms with Crippen LogP contribution in [0.3, 0.4) is 0 Å². The Morgan fingerprint density at radius 1 is 1.35 bits per heavy atom. The zero-order valence-electron chi connectivity index (χ0n) is 11.7. The summed E-state index contributed by atoms with van der Waals surface area (Å²) < 4.78 is 2.14. The quantitative estimate of drug-likeness (QED) is 0.859. The van der Waals surface area contributed by atoms with E-state index in [1.165, 1.54) is 11.4 Å². The van der Waals surface area contributed by atoms with Crippen molar-refractivity contribution >= 4 is 5.91 Å². The SMILES string of the molecule is CNC(=O)c1ccc(-c2nc3c(n2C)CNCC3)cc1. The standard InChI is InChI=1S/C15H18N4O/c1-16-15(20)11-5-3-10(4-6-11)14-18-12-7-8-17-9-13(12)19(14)2/h3-6,17H,7-9H2,1-2H3,(H,16,20). The Morgan fingerprint density at radius 3 is 2.75 bits per heavy atom. The van der Waals surface area contributed by atoms with E-state index in [0.717, 1.165) is 30.9 Å². The van der Waals surface area contributed by atoms with Crippen molar-refractivity contribution < 1.29 is 4.79 Å². The molecule has 1 aliphatic heterocycles. The van der Waals surface area contributed by atoms with E-state index in [2.05, 4.69) is 15.2 Å². The van der Waals surface area contributed by atoms with Gasteiger partial charge in [-0.25, -0.2) is 4.98 Å². The molecule has 1 amide bonds. The average Bonchev–Trinajstić information content (AvgIpc) is 2.84. The third kappa shape index (κ3) is 2.10. The van der Waals surface area contributed by atoms with Gasteiger partial charge in [0.2, 0.25) is 0 Å². The van der Waals surface area contributed by atoms with Gasteiger partial charge in [0.25, 0.3) is 5.91 Å². The number of aromatic nitrogens is 2. The fraction of sp³-hybridized carbons (Fsp3) is 0.333. The minimum Gasteiger partial charge on any atom is -0.355 e.